The Morgan fingerprint density at radius 2 is 1.97 bits per heavy atom. The van der Waals surface area contributed by atoms with E-state index in [0.717, 1.165) is 75.9 Å². The maximum Gasteiger partial charge on any atom is 0.253 e. The lowest BCUT2D eigenvalue weighted by Crippen LogP contribution is -2.46. The van der Waals surface area contributed by atoms with E-state index in [4.69, 9.17) is 9.73 Å². The number of carbonyl (C=O) groups excluding carboxylic acids is 1. The molecule has 1 atom stereocenters. The highest BCUT2D eigenvalue weighted by atomic mass is 16.5. The van der Waals surface area contributed by atoms with Crippen molar-refractivity contribution in [2.45, 2.75) is 39.7 Å². The normalized spacial score (nSPS) is 16.3. The van der Waals surface area contributed by atoms with E-state index in [1.54, 1.807) is 19.0 Å². The molecule has 1 unspecified atom stereocenters. The van der Waals surface area contributed by atoms with Crippen molar-refractivity contribution in [3.63, 3.8) is 0 Å². The highest BCUT2D eigenvalue weighted by molar-refractivity contribution is 5.94. The monoisotopic (exact) mass is 431 g/mol. The molecule has 0 bridgehead atoms. The SMILES string of the molecule is CCNC(=NCC(CC(C)C)N1CCOCC1)NCCc1cccc(C(=O)N(C)C)c1. The van der Waals surface area contributed by atoms with Crippen molar-refractivity contribution in [3.8, 4) is 0 Å². The molecule has 1 aliphatic heterocycles. The standard InChI is InChI=1S/C24H41N5O2/c1-6-25-24(27-18-22(16-19(2)3)29-12-14-31-15-13-29)26-11-10-20-8-7-9-21(17-20)23(30)28(4)5/h7-9,17,19,22H,6,10-16,18H2,1-5H3,(H2,25,26,27). The average Bonchev–Trinajstić information content (AvgIpc) is 2.76. The van der Waals surface area contributed by atoms with Gasteiger partial charge in [-0.2, -0.15) is 0 Å². The Morgan fingerprint density at radius 1 is 1.23 bits per heavy atom. The third-order valence-electron chi connectivity index (χ3n) is 5.40. The minimum Gasteiger partial charge on any atom is -0.379 e. The van der Waals surface area contributed by atoms with Gasteiger partial charge in [0, 0.05) is 51.9 Å². The Hall–Kier alpha value is -2.12. The van der Waals surface area contributed by atoms with Crippen LogP contribution in [-0.2, 0) is 11.2 Å². The lowest BCUT2D eigenvalue weighted by molar-refractivity contribution is 0.0143. The van der Waals surface area contributed by atoms with Gasteiger partial charge in [-0.25, -0.2) is 0 Å². The zero-order valence-corrected chi connectivity index (χ0v) is 20.0. The summed E-state index contributed by atoms with van der Waals surface area (Å²) in [6.07, 6.45) is 1.97. The Balaban J connectivity index is 1.94. The molecule has 1 aromatic rings. The van der Waals surface area contributed by atoms with E-state index in [9.17, 15) is 4.79 Å². The molecule has 2 N–H and O–H groups in total. The second-order valence-corrected chi connectivity index (χ2v) is 8.73. The molecule has 0 aromatic heterocycles. The van der Waals surface area contributed by atoms with Crippen molar-refractivity contribution >= 4 is 11.9 Å². The maximum atomic E-state index is 12.2. The lowest BCUT2D eigenvalue weighted by Gasteiger charge is -2.34. The van der Waals surface area contributed by atoms with E-state index in [2.05, 4.69) is 42.4 Å². The number of nitrogens with one attached hydrogen (secondary N) is 2. The van der Waals surface area contributed by atoms with Crippen molar-refractivity contribution in [2.75, 3.05) is 60.0 Å². The number of hydrogen-bond acceptors (Lipinski definition) is 4. The Morgan fingerprint density at radius 3 is 2.61 bits per heavy atom. The van der Waals surface area contributed by atoms with Crippen LogP contribution in [0.1, 0.15) is 43.1 Å². The highest BCUT2D eigenvalue weighted by Gasteiger charge is 2.21. The molecule has 0 aliphatic carbocycles. The summed E-state index contributed by atoms with van der Waals surface area (Å²) >= 11 is 0. The molecule has 7 nitrogen and oxygen atoms in total. The molecule has 1 aliphatic rings. The smallest absolute Gasteiger partial charge is 0.253 e. The van der Waals surface area contributed by atoms with Crippen molar-refractivity contribution in [3.05, 3.63) is 35.4 Å². The molecule has 174 valence electrons. The fourth-order valence-corrected chi connectivity index (χ4v) is 3.81. The highest BCUT2D eigenvalue weighted by Crippen LogP contribution is 2.14. The second kappa shape index (κ2) is 13.3. The topological polar surface area (TPSA) is 69.2 Å². The van der Waals surface area contributed by atoms with Crippen LogP contribution in [0.4, 0.5) is 0 Å². The number of hydrogen-bond donors (Lipinski definition) is 2. The first-order chi connectivity index (χ1) is 14.9. The van der Waals surface area contributed by atoms with E-state index in [1.807, 2.05) is 18.2 Å². The first-order valence-electron chi connectivity index (χ1n) is 11.5. The fourth-order valence-electron chi connectivity index (χ4n) is 3.81. The van der Waals surface area contributed by atoms with Gasteiger partial charge in [-0.1, -0.05) is 26.0 Å². The first kappa shape index (κ1) is 25.1. The molecule has 31 heavy (non-hydrogen) atoms. The van der Waals surface area contributed by atoms with Crippen LogP contribution < -0.4 is 10.6 Å². The molecule has 2 rings (SSSR count). The van der Waals surface area contributed by atoms with Gasteiger partial charge >= 0.3 is 0 Å². The van der Waals surface area contributed by atoms with Gasteiger partial charge in [0.15, 0.2) is 5.96 Å². The number of ether oxygens (including phenoxy) is 1. The summed E-state index contributed by atoms with van der Waals surface area (Å²) in [4.78, 5) is 21.2. The summed E-state index contributed by atoms with van der Waals surface area (Å²) in [7, 11) is 3.55. The average molecular weight is 432 g/mol. The van der Waals surface area contributed by atoms with E-state index in [1.165, 1.54) is 0 Å². The predicted molar refractivity (Wildman–Crippen MR) is 128 cm³/mol. The van der Waals surface area contributed by atoms with Crippen LogP contribution in [0.3, 0.4) is 0 Å². The van der Waals surface area contributed by atoms with Crippen molar-refractivity contribution < 1.29 is 9.53 Å². The molecule has 7 heteroatoms. The van der Waals surface area contributed by atoms with E-state index in [0.29, 0.717) is 12.0 Å². The van der Waals surface area contributed by atoms with Crippen LogP contribution in [0.15, 0.2) is 29.3 Å². The zero-order chi connectivity index (χ0) is 22.6. The number of benzene rings is 1. The van der Waals surface area contributed by atoms with Crippen LogP contribution >= 0.6 is 0 Å². The molecule has 1 aromatic carbocycles. The van der Waals surface area contributed by atoms with Gasteiger partial charge in [0.2, 0.25) is 0 Å². The number of aliphatic imine (C=N–C) groups is 1. The summed E-state index contributed by atoms with van der Waals surface area (Å²) in [6, 6.07) is 8.30. The number of guanidine groups is 1. The quantitative estimate of drug-likeness (QED) is 0.439. The van der Waals surface area contributed by atoms with E-state index in [-0.39, 0.29) is 5.91 Å². The maximum absolute atomic E-state index is 12.2. The van der Waals surface area contributed by atoms with Crippen molar-refractivity contribution in [2.24, 2.45) is 10.9 Å². The molecule has 1 fully saturated rings. The molecule has 1 heterocycles. The first-order valence-corrected chi connectivity index (χ1v) is 11.5. The van der Waals surface area contributed by atoms with Gasteiger partial charge in [-0.15, -0.1) is 0 Å². The third-order valence-corrected chi connectivity index (χ3v) is 5.40. The molecular formula is C24H41N5O2. The van der Waals surface area contributed by atoms with Gasteiger partial charge in [0.25, 0.3) is 5.91 Å². The summed E-state index contributed by atoms with van der Waals surface area (Å²) in [5.41, 5.74) is 1.87. The molecular weight excluding hydrogens is 390 g/mol. The van der Waals surface area contributed by atoms with E-state index >= 15 is 0 Å². The van der Waals surface area contributed by atoms with Crippen LogP contribution in [0.2, 0.25) is 0 Å². The predicted octanol–water partition coefficient (Wildman–Crippen LogP) is 2.23. The Bertz CT molecular complexity index is 699. The molecule has 1 saturated heterocycles. The number of amides is 1. The summed E-state index contributed by atoms with van der Waals surface area (Å²) < 4.78 is 5.52. The second-order valence-electron chi connectivity index (χ2n) is 8.73. The van der Waals surface area contributed by atoms with Gasteiger partial charge in [-0.05, 0) is 43.4 Å². The van der Waals surface area contributed by atoms with Crippen LogP contribution in [0.25, 0.3) is 0 Å². The van der Waals surface area contributed by atoms with Crippen LogP contribution in [0, 0.1) is 5.92 Å². The Kier molecular flexibility index (Phi) is 10.8. The number of nitrogens with zero attached hydrogens (tertiary/aromatic N) is 3. The minimum atomic E-state index is 0.0315. The Labute approximate surface area is 188 Å². The van der Waals surface area contributed by atoms with Crippen molar-refractivity contribution in [1.82, 2.24) is 20.4 Å². The molecule has 0 spiro atoms. The van der Waals surface area contributed by atoms with Crippen LogP contribution in [0.5, 0.6) is 0 Å². The minimum absolute atomic E-state index is 0.0315. The van der Waals surface area contributed by atoms with Crippen LogP contribution in [-0.4, -0.2) is 87.7 Å². The molecule has 0 radical (unpaired) electrons. The summed E-state index contributed by atoms with van der Waals surface area (Å²) in [5, 5.41) is 6.81. The number of carbonyl (C=O) groups is 1. The molecule has 0 saturated carbocycles. The van der Waals surface area contributed by atoms with Gasteiger partial charge in [0.1, 0.15) is 0 Å². The van der Waals surface area contributed by atoms with Gasteiger partial charge in [-0.3, -0.25) is 14.7 Å². The van der Waals surface area contributed by atoms with Gasteiger partial charge in [0.05, 0.1) is 19.8 Å². The van der Waals surface area contributed by atoms with Crippen molar-refractivity contribution in [1.29, 1.82) is 0 Å². The summed E-state index contributed by atoms with van der Waals surface area (Å²) in [5.74, 6) is 1.52. The number of rotatable bonds is 10. The summed E-state index contributed by atoms with van der Waals surface area (Å²) in [6.45, 7) is 12.6. The third kappa shape index (κ3) is 8.87. The molecule has 1 amide bonds. The largest absolute Gasteiger partial charge is 0.379 e. The van der Waals surface area contributed by atoms with E-state index < -0.39 is 0 Å². The zero-order valence-electron chi connectivity index (χ0n) is 20.0. The number of morpholine rings is 1. The lowest BCUT2D eigenvalue weighted by atomic mass is 10.0. The van der Waals surface area contributed by atoms with Gasteiger partial charge < -0.3 is 20.3 Å². The fraction of sp³-hybridized carbons (Fsp3) is 0.667.